The Kier molecular flexibility index (Phi) is 3.26. The van der Waals surface area contributed by atoms with Crippen molar-refractivity contribution in [2.24, 2.45) is 0 Å². The van der Waals surface area contributed by atoms with Crippen LogP contribution in [0.25, 0.3) is 10.6 Å². The topological polar surface area (TPSA) is 63.1 Å². The van der Waals surface area contributed by atoms with Crippen molar-refractivity contribution in [3.8, 4) is 10.6 Å². The number of carboxylic acid groups (broad SMARTS) is 1. The lowest BCUT2D eigenvalue weighted by atomic mass is 10.1. The lowest BCUT2D eigenvalue weighted by molar-refractivity contribution is 0.0696. The van der Waals surface area contributed by atoms with Gasteiger partial charge in [0.2, 0.25) is 0 Å². The van der Waals surface area contributed by atoms with Gasteiger partial charge in [-0.05, 0) is 41.9 Å². The Morgan fingerprint density at radius 1 is 1.35 bits per heavy atom. The minimum atomic E-state index is -0.998. The third-order valence-electron chi connectivity index (χ3n) is 2.22. The van der Waals surface area contributed by atoms with E-state index in [0.717, 1.165) is 8.66 Å². The van der Waals surface area contributed by atoms with E-state index in [1.54, 1.807) is 13.8 Å². The summed E-state index contributed by atoms with van der Waals surface area (Å²) in [5, 5.41) is 9.22. The standard InChI is InChI=1S/C11H9BrN2O2S/c1-5-9(11(15)16)10(14-6(2)13-5)7-3-4-8(12)17-7/h3-4H,1-2H3,(H,15,16). The summed E-state index contributed by atoms with van der Waals surface area (Å²) in [6, 6.07) is 3.72. The van der Waals surface area contributed by atoms with Crippen LogP contribution in [0.15, 0.2) is 15.9 Å². The van der Waals surface area contributed by atoms with Crippen LogP contribution >= 0.6 is 27.3 Å². The minimum absolute atomic E-state index is 0.171. The van der Waals surface area contributed by atoms with Crippen molar-refractivity contribution in [3.63, 3.8) is 0 Å². The third kappa shape index (κ3) is 2.37. The maximum atomic E-state index is 11.2. The highest BCUT2D eigenvalue weighted by Gasteiger charge is 2.19. The van der Waals surface area contributed by atoms with Gasteiger partial charge in [-0.25, -0.2) is 14.8 Å². The smallest absolute Gasteiger partial charge is 0.339 e. The van der Waals surface area contributed by atoms with Gasteiger partial charge in [0, 0.05) is 0 Å². The first-order chi connectivity index (χ1) is 7.99. The van der Waals surface area contributed by atoms with Crippen LogP contribution in [-0.2, 0) is 0 Å². The van der Waals surface area contributed by atoms with E-state index in [1.807, 2.05) is 12.1 Å². The maximum absolute atomic E-state index is 11.2. The first-order valence-electron chi connectivity index (χ1n) is 4.83. The third-order valence-corrected chi connectivity index (χ3v) is 3.85. The monoisotopic (exact) mass is 312 g/mol. The van der Waals surface area contributed by atoms with Crippen LogP contribution in [0.5, 0.6) is 0 Å². The maximum Gasteiger partial charge on any atom is 0.339 e. The van der Waals surface area contributed by atoms with E-state index in [2.05, 4.69) is 25.9 Å². The molecule has 0 saturated heterocycles. The number of aromatic carboxylic acids is 1. The van der Waals surface area contributed by atoms with Crippen molar-refractivity contribution in [1.29, 1.82) is 0 Å². The van der Waals surface area contributed by atoms with Gasteiger partial charge in [0.15, 0.2) is 0 Å². The molecule has 0 fully saturated rings. The minimum Gasteiger partial charge on any atom is -0.478 e. The quantitative estimate of drug-likeness (QED) is 0.924. The molecule has 2 aromatic rings. The van der Waals surface area contributed by atoms with Crippen LogP contribution in [0, 0.1) is 13.8 Å². The second-order valence-corrected chi connectivity index (χ2v) is 5.95. The van der Waals surface area contributed by atoms with Crippen molar-refractivity contribution >= 4 is 33.2 Å². The molecule has 2 rings (SSSR count). The molecule has 6 heteroatoms. The second kappa shape index (κ2) is 4.54. The highest BCUT2D eigenvalue weighted by atomic mass is 79.9. The molecule has 0 bridgehead atoms. The van der Waals surface area contributed by atoms with Crippen molar-refractivity contribution in [3.05, 3.63) is 33.0 Å². The zero-order chi connectivity index (χ0) is 12.6. The fourth-order valence-corrected chi connectivity index (χ4v) is 2.97. The average Bonchev–Trinajstić information content (AvgIpc) is 2.62. The van der Waals surface area contributed by atoms with E-state index < -0.39 is 5.97 Å². The number of nitrogens with zero attached hydrogens (tertiary/aromatic N) is 2. The van der Waals surface area contributed by atoms with Gasteiger partial charge >= 0.3 is 5.97 Å². The molecular formula is C11H9BrN2O2S. The molecule has 0 radical (unpaired) electrons. The Balaban J connectivity index is 2.71. The molecule has 17 heavy (non-hydrogen) atoms. The number of hydrogen-bond donors (Lipinski definition) is 1. The molecule has 0 aliphatic heterocycles. The largest absolute Gasteiger partial charge is 0.478 e. The summed E-state index contributed by atoms with van der Waals surface area (Å²) in [4.78, 5) is 20.4. The summed E-state index contributed by atoms with van der Waals surface area (Å²) >= 11 is 4.81. The molecule has 2 heterocycles. The molecule has 0 spiro atoms. The molecule has 0 atom stereocenters. The lowest BCUT2D eigenvalue weighted by Gasteiger charge is -2.06. The SMILES string of the molecule is Cc1nc(C)c(C(=O)O)c(-c2ccc(Br)s2)n1. The Morgan fingerprint density at radius 3 is 2.59 bits per heavy atom. The summed E-state index contributed by atoms with van der Waals surface area (Å²) in [5.41, 5.74) is 1.15. The number of halogens is 1. The fourth-order valence-electron chi connectivity index (χ4n) is 1.59. The van der Waals surface area contributed by atoms with E-state index >= 15 is 0 Å². The van der Waals surface area contributed by atoms with Crippen LogP contribution < -0.4 is 0 Å². The Labute approximate surface area is 110 Å². The summed E-state index contributed by atoms with van der Waals surface area (Å²) in [7, 11) is 0. The van der Waals surface area contributed by atoms with Gasteiger partial charge in [-0.15, -0.1) is 11.3 Å². The highest BCUT2D eigenvalue weighted by Crippen LogP contribution is 2.32. The molecule has 4 nitrogen and oxygen atoms in total. The van der Waals surface area contributed by atoms with Gasteiger partial charge in [0.05, 0.1) is 20.1 Å². The predicted molar refractivity (Wildman–Crippen MR) is 69.5 cm³/mol. The van der Waals surface area contributed by atoms with Crippen molar-refractivity contribution in [2.75, 3.05) is 0 Å². The molecular weight excluding hydrogens is 304 g/mol. The summed E-state index contributed by atoms with van der Waals surface area (Å²) in [5.74, 6) is -0.422. The zero-order valence-electron chi connectivity index (χ0n) is 9.19. The molecule has 0 unspecified atom stereocenters. The van der Waals surface area contributed by atoms with Gasteiger partial charge in [0.25, 0.3) is 0 Å². The zero-order valence-corrected chi connectivity index (χ0v) is 11.6. The number of carboxylic acids is 1. The average molecular weight is 313 g/mol. The first kappa shape index (κ1) is 12.2. The number of thiophene rings is 1. The Bertz CT molecular complexity index is 595. The van der Waals surface area contributed by atoms with Gasteiger partial charge < -0.3 is 5.11 Å². The first-order valence-corrected chi connectivity index (χ1v) is 6.44. The highest BCUT2D eigenvalue weighted by molar-refractivity contribution is 9.11. The number of carbonyl (C=O) groups is 1. The van der Waals surface area contributed by atoms with Gasteiger partial charge in [0.1, 0.15) is 11.4 Å². The van der Waals surface area contributed by atoms with Gasteiger partial charge in [-0.1, -0.05) is 0 Å². The summed E-state index contributed by atoms with van der Waals surface area (Å²) in [6.07, 6.45) is 0. The van der Waals surface area contributed by atoms with E-state index in [-0.39, 0.29) is 5.56 Å². The fraction of sp³-hybridized carbons (Fsp3) is 0.182. The number of rotatable bonds is 2. The van der Waals surface area contributed by atoms with Crippen LogP contribution in [0.3, 0.4) is 0 Å². The van der Waals surface area contributed by atoms with Gasteiger partial charge in [-0.3, -0.25) is 0 Å². The molecule has 0 amide bonds. The van der Waals surface area contributed by atoms with E-state index in [9.17, 15) is 9.90 Å². The summed E-state index contributed by atoms with van der Waals surface area (Å²) in [6.45, 7) is 3.44. The molecule has 1 N–H and O–H groups in total. The molecule has 0 aromatic carbocycles. The second-order valence-electron chi connectivity index (χ2n) is 3.49. The molecule has 88 valence electrons. The van der Waals surface area contributed by atoms with E-state index in [1.165, 1.54) is 11.3 Å². The van der Waals surface area contributed by atoms with Crippen molar-refractivity contribution in [1.82, 2.24) is 9.97 Å². The Morgan fingerprint density at radius 2 is 2.06 bits per heavy atom. The number of hydrogen-bond acceptors (Lipinski definition) is 4. The van der Waals surface area contributed by atoms with Crippen LogP contribution in [0.2, 0.25) is 0 Å². The van der Waals surface area contributed by atoms with Crippen molar-refractivity contribution in [2.45, 2.75) is 13.8 Å². The molecule has 0 aliphatic rings. The molecule has 2 aromatic heterocycles. The van der Waals surface area contributed by atoms with Gasteiger partial charge in [-0.2, -0.15) is 0 Å². The van der Waals surface area contributed by atoms with Crippen LogP contribution in [0.4, 0.5) is 0 Å². The lowest BCUT2D eigenvalue weighted by Crippen LogP contribution is -2.08. The predicted octanol–water partition coefficient (Wildman–Crippen LogP) is 3.28. The number of aromatic nitrogens is 2. The van der Waals surface area contributed by atoms with E-state index in [4.69, 9.17) is 0 Å². The number of aryl methyl sites for hydroxylation is 2. The molecule has 0 aliphatic carbocycles. The normalized spacial score (nSPS) is 10.5. The summed E-state index contributed by atoms with van der Waals surface area (Å²) < 4.78 is 0.942. The van der Waals surface area contributed by atoms with E-state index in [0.29, 0.717) is 17.2 Å². The van der Waals surface area contributed by atoms with Crippen LogP contribution in [-0.4, -0.2) is 21.0 Å². The van der Waals surface area contributed by atoms with Crippen molar-refractivity contribution < 1.29 is 9.90 Å². The molecule has 0 saturated carbocycles. The Hall–Kier alpha value is -1.27. The van der Waals surface area contributed by atoms with Crippen LogP contribution in [0.1, 0.15) is 21.9 Å².